The fraction of sp³-hybridized carbons (Fsp3) is 0.462. The van der Waals surface area contributed by atoms with E-state index >= 15 is 0 Å². The predicted octanol–water partition coefficient (Wildman–Crippen LogP) is 2.71. The molecule has 1 aromatic rings. The highest BCUT2D eigenvalue weighted by Gasteiger charge is 1.99. The van der Waals surface area contributed by atoms with Crippen molar-refractivity contribution in [3.05, 3.63) is 29.8 Å². The number of para-hydroxylation sites is 1. The summed E-state index contributed by atoms with van der Waals surface area (Å²) < 4.78 is 0. The summed E-state index contributed by atoms with van der Waals surface area (Å²) in [5.74, 6) is 0. The number of amides is 1. The van der Waals surface area contributed by atoms with Crippen LogP contribution in [0.15, 0.2) is 24.3 Å². The summed E-state index contributed by atoms with van der Waals surface area (Å²) in [6, 6.07) is 8.26. The van der Waals surface area contributed by atoms with Crippen LogP contribution in [0.1, 0.15) is 24.8 Å². The van der Waals surface area contributed by atoms with Crippen LogP contribution in [0.3, 0.4) is 0 Å². The van der Waals surface area contributed by atoms with Gasteiger partial charge in [0.05, 0.1) is 0 Å². The first-order valence-corrected chi connectivity index (χ1v) is 5.96. The molecule has 0 aromatic heterocycles. The number of benzene rings is 1. The molecule has 0 radical (unpaired) electrons. The summed E-state index contributed by atoms with van der Waals surface area (Å²) in [5.41, 5.74) is 2.50. The molecule has 0 unspecified atom stereocenters. The average Bonchev–Trinajstić information content (AvgIpc) is 2.33. The lowest BCUT2D eigenvalue weighted by molar-refractivity contribution is 0.194. The molecule has 1 aromatic carbocycles. The third-order valence-corrected chi connectivity index (χ3v) is 2.69. The molecule has 0 saturated carbocycles. The second-order valence-corrected chi connectivity index (χ2v) is 3.95. The number of hydrogen-bond acceptors (Lipinski definition) is 2. The fourth-order valence-corrected chi connectivity index (χ4v) is 1.79. The van der Waals surface area contributed by atoms with E-state index in [2.05, 4.69) is 22.8 Å². The van der Waals surface area contributed by atoms with Crippen molar-refractivity contribution in [1.29, 1.82) is 0 Å². The predicted molar refractivity (Wildman–Crippen MR) is 69.6 cm³/mol. The Balaban J connectivity index is 2.19. The van der Waals surface area contributed by atoms with Crippen LogP contribution in [0.25, 0.3) is 0 Å². The second kappa shape index (κ2) is 7.54. The summed E-state index contributed by atoms with van der Waals surface area (Å²) in [5, 5.41) is 13.9. The van der Waals surface area contributed by atoms with Crippen LogP contribution in [-0.2, 0) is 6.42 Å². The van der Waals surface area contributed by atoms with Crippen LogP contribution in [0, 0.1) is 0 Å². The molecule has 4 nitrogen and oxygen atoms in total. The van der Waals surface area contributed by atoms with Crippen LogP contribution in [0.5, 0.6) is 0 Å². The molecule has 1 amide bonds. The molecule has 0 aliphatic rings. The van der Waals surface area contributed by atoms with Gasteiger partial charge in [0.1, 0.15) is 0 Å². The molecule has 0 aliphatic heterocycles. The Morgan fingerprint density at radius 1 is 1.24 bits per heavy atom. The smallest absolute Gasteiger partial charge is 0.404 e. The lowest BCUT2D eigenvalue weighted by atomic mass is 10.1. The zero-order valence-electron chi connectivity index (χ0n) is 10.2. The largest absolute Gasteiger partial charge is 0.465 e. The monoisotopic (exact) mass is 236 g/mol. The van der Waals surface area contributed by atoms with Crippen LogP contribution in [-0.4, -0.2) is 24.8 Å². The van der Waals surface area contributed by atoms with E-state index in [1.54, 1.807) is 0 Å². The molecule has 1 rings (SSSR count). The van der Waals surface area contributed by atoms with Crippen molar-refractivity contribution < 1.29 is 9.90 Å². The molecule has 3 N–H and O–H groups in total. The van der Waals surface area contributed by atoms with Gasteiger partial charge in [0, 0.05) is 19.3 Å². The second-order valence-electron chi connectivity index (χ2n) is 3.95. The van der Waals surface area contributed by atoms with Gasteiger partial charge in [-0.2, -0.15) is 0 Å². The molecule has 0 heterocycles. The summed E-state index contributed by atoms with van der Waals surface area (Å²) in [6.45, 7) is 0.545. The van der Waals surface area contributed by atoms with Crippen molar-refractivity contribution in [3.8, 4) is 0 Å². The Labute approximate surface area is 102 Å². The third-order valence-electron chi connectivity index (χ3n) is 2.69. The highest BCUT2D eigenvalue weighted by molar-refractivity contribution is 5.64. The third kappa shape index (κ3) is 5.24. The summed E-state index contributed by atoms with van der Waals surface area (Å²) in [7, 11) is 1.93. The van der Waals surface area contributed by atoms with Gasteiger partial charge < -0.3 is 15.7 Å². The van der Waals surface area contributed by atoms with E-state index in [1.165, 1.54) is 11.3 Å². The molecular formula is C13H20N2O2. The van der Waals surface area contributed by atoms with Crippen LogP contribution < -0.4 is 10.6 Å². The van der Waals surface area contributed by atoms with E-state index in [1.807, 2.05) is 19.2 Å². The van der Waals surface area contributed by atoms with Crippen LogP contribution in [0.2, 0.25) is 0 Å². The van der Waals surface area contributed by atoms with E-state index in [0.717, 1.165) is 25.7 Å². The van der Waals surface area contributed by atoms with Crippen molar-refractivity contribution in [1.82, 2.24) is 5.32 Å². The lowest BCUT2D eigenvalue weighted by Crippen LogP contribution is -2.21. The molecule has 17 heavy (non-hydrogen) atoms. The van der Waals surface area contributed by atoms with Gasteiger partial charge in [0.25, 0.3) is 0 Å². The minimum absolute atomic E-state index is 0.545. The maximum Gasteiger partial charge on any atom is 0.404 e. The molecule has 4 heteroatoms. The van der Waals surface area contributed by atoms with Gasteiger partial charge >= 0.3 is 6.09 Å². The van der Waals surface area contributed by atoms with Crippen molar-refractivity contribution in [2.24, 2.45) is 0 Å². The minimum Gasteiger partial charge on any atom is -0.465 e. The molecule has 94 valence electrons. The summed E-state index contributed by atoms with van der Waals surface area (Å²) in [4.78, 5) is 10.2. The highest BCUT2D eigenvalue weighted by atomic mass is 16.4. The number of carbonyl (C=O) groups is 1. The number of carboxylic acid groups (broad SMARTS) is 1. The molecule has 0 aliphatic carbocycles. The topological polar surface area (TPSA) is 61.4 Å². The van der Waals surface area contributed by atoms with Crippen molar-refractivity contribution >= 4 is 11.8 Å². The lowest BCUT2D eigenvalue weighted by Gasteiger charge is -2.08. The van der Waals surface area contributed by atoms with Crippen molar-refractivity contribution in [2.45, 2.75) is 25.7 Å². The fourth-order valence-electron chi connectivity index (χ4n) is 1.79. The Bertz CT molecular complexity index is 353. The van der Waals surface area contributed by atoms with E-state index in [0.29, 0.717) is 6.54 Å². The number of rotatable bonds is 7. The van der Waals surface area contributed by atoms with Gasteiger partial charge in [0.15, 0.2) is 0 Å². The number of hydrogen-bond donors (Lipinski definition) is 3. The van der Waals surface area contributed by atoms with Crippen molar-refractivity contribution in [2.75, 3.05) is 18.9 Å². The number of aryl methyl sites for hydroxylation is 1. The zero-order chi connectivity index (χ0) is 12.5. The SMILES string of the molecule is CNc1ccccc1CCCCCNC(=O)O. The first kappa shape index (κ1) is 13.4. The van der Waals surface area contributed by atoms with Crippen LogP contribution in [0.4, 0.5) is 10.5 Å². The number of unbranched alkanes of at least 4 members (excludes halogenated alkanes) is 2. The molecular weight excluding hydrogens is 216 g/mol. The van der Waals surface area contributed by atoms with E-state index in [-0.39, 0.29) is 0 Å². The van der Waals surface area contributed by atoms with E-state index in [4.69, 9.17) is 5.11 Å². The maximum atomic E-state index is 10.2. The first-order valence-electron chi connectivity index (χ1n) is 5.96. The standard InChI is InChI=1S/C13H20N2O2/c1-14-12-9-5-4-8-11(12)7-3-2-6-10-15-13(16)17/h4-5,8-9,14-15H,2-3,6-7,10H2,1H3,(H,16,17). The van der Waals surface area contributed by atoms with Crippen LogP contribution >= 0.6 is 0 Å². The molecule has 0 spiro atoms. The summed E-state index contributed by atoms with van der Waals surface area (Å²) >= 11 is 0. The number of anilines is 1. The quantitative estimate of drug-likeness (QED) is 0.638. The Morgan fingerprint density at radius 3 is 2.71 bits per heavy atom. The molecule has 0 bridgehead atoms. The van der Waals surface area contributed by atoms with Gasteiger partial charge in [-0.25, -0.2) is 4.79 Å². The van der Waals surface area contributed by atoms with Gasteiger partial charge in [-0.3, -0.25) is 0 Å². The van der Waals surface area contributed by atoms with Gasteiger partial charge in [-0.1, -0.05) is 24.6 Å². The Morgan fingerprint density at radius 2 is 2.00 bits per heavy atom. The van der Waals surface area contributed by atoms with Gasteiger partial charge in [-0.05, 0) is 30.9 Å². The highest BCUT2D eigenvalue weighted by Crippen LogP contribution is 2.16. The first-order chi connectivity index (χ1) is 8.24. The molecule has 0 atom stereocenters. The summed E-state index contributed by atoms with van der Waals surface area (Å²) in [6.07, 6.45) is 3.11. The van der Waals surface area contributed by atoms with Gasteiger partial charge in [0.2, 0.25) is 0 Å². The zero-order valence-corrected chi connectivity index (χ0v) is 10.2. The normalized spacial score (nSPS) is 9.94. The average molecular weight is 236 g/mol. The molecule has 0 saturated heterocycles. The van der Waals surface area contributed by atoms with E-state index < -0.39 is 6.09 Å². The maximum absolute atomic E-state index is 10.2. The Kier molecular flexibility index (Phi) is 5.93. The Hall–Kier alpha value is -1.71. The van der Waals surface area contributed by atoms with E-state index in [9.17, 15) is 4.79 Å². The molecule has 0 fully saturated rings. The minimum atomic E-state index is -0.939. The van der Waals surface area contributed by atoms with Gasteiger partial charge in [-0.15, -0.1) is 0 Å². The van der Waals surface area contributed by atoms with Crippen molar-refractivity contribution in [3.63, 3.8) is 0 Å². The number of nitrogens with one attached hydrogen (secondary N) is 2.